The summed E-state index contributed by atoms with van der Waals surface area (Å²) in [6.45, 7) is 1.50. The molecule has 0 spiro atoms. The molecule has 0 radical (unpaired) electrons. The van der Waals surface area contributed by atoms with E-state index in [2.05, 4.69) is 12.1 Å². The van der Waals surface area contributed by atoms with E-state index in [1.165, 1.54) is 5.56 Å². The number of hydrogen-bond donors (Lipinski definition) is 0. The van der Waals surface area contributed by atoms with Crippen LogP contribution in [0.25, 0.3) is 11.0 Å². The monoisotopic (exact) mass is 349 g/mol. The fourth-order valence-corrected chi connectivity index (χ4v) is 3.72. The SMILES string of the molecule is COc1ccc(C2CCCCN(C(=O)c3cc4ccccc4o3)C2)cc1. The van der Waals surface area contributed by atoms with E-state index in [-0.39, 0.29) is 5.91 Å². The Labute approximate surface area is 153 Å². The van der Waals surface area contributed by atoms with Gasteiger partial charge in [-0.25, -0.2) is 0 Å². The molecule has 1 aromatic heterocycles. The Kier molecular flexibility index (Phi) is 4.65. The molecule has 4 nitrogen and oxygen atoms in total. The van der Waals surface area contributed by atoms with Crippen molar-refractivity contribution in [1.82, 2.24) is 4.90 Å². The maximum atomic E-state index is 13.0. The van der Waals surface area contributed by atoms with Crippen molar-refractivity contribution in [3.8, 4) is 5.75 Å². The minimum Gasteiger partial charge on any atom is -0.497 e. The summed E-state index contributed by atoms with van der Waals surface area (Å²) in [5, 5.41) is 0.970. The van der Waals surface area contributed by atoms with Crippen molar-refractivity contribution in [2.75, 3.05) is 20.2 Å². The standard InChI is InChI=1S/C22H23NO3/c1-25-19-11-9-16(10-12-19)18-7-4-5-13-23(15-18)22(24)21-14-17-6-2-3-8-20(17)26-21/h2-3,6,8-12,14,18H,4-5,7,13,15H2,1H3. The average molecular weight is 349 g/mol. The maximum Gasteiger partial charge on any atom is 0.289 e. The first-order valence-corrected chi connectivity index (χ1v) is 9.16. The minimum absolute atomic E-state index is 0.0124. The van der Waals surface area contributed by atoms with Gasteiger partial charge in [-0.15, -0.1) is 0 Å². The van der Waals surface area contributed by atoms with Gasteiger partial charge in [0.05, 0.1) is 7.11 Å². The lowest BCUT2D eigenvalue weighted by molar-refractivity contribution is 0.0725. The molecular weight excluding hydrogens is 326 g/mol. The van der Waals surface area contributed by atoms with Gasteiger partial charge in [0, 0.05) is 24.4 Å². The Bertz CT molecular complexity index is 864. The number of furan rings is 1. The van der Waals surface area contributed by atoms with Crippen LogP contribution >= 0.6 is 0 Å². The van der Waals surface area contributed by atoms with Gasteiger partial charge in [-0.1, -0.05) is 36.8 Å². The molecule has 0 saturated carbocycles. The summed E-state index contributed by atoms with van der Waals surface area (Å²) in [6.07, 6.45) is 3.25. The van der Waals surface area contributed by atoms with Crippen molar-refractivity contribution < 1.29 is 13.9 Å². The van der Waals surface area contributed by atoms with E-state index in [4.69, 9.17) is 9.15 Å². The van der Waals surface area contributed by atoms with Crippen LogP contribution in [0.4, 0.5) is 0 Å². The predicted molar refractivity (Wildman–Crippen MR) is 102 cm³/mol. The summed E-state index contributed by atoms with van der Waals surface area (Å²) in [5.41, 5.74) is 2.02. The van der Waals surface area contributed by atoms with E-state index in [9.17, 15) is 4.79 Å². The molecule has 134 valence electrons. The van der Waals surface area contributed by atoms with Crippen LogP contribution in [-0.4, -0.2) is 31.0 Å². The summed E-state index contributed by atoms with van der Waals surface area (Å²) < 4.78 is 11.0. The number of benzene rings is 2. The van der Waals surface area contributed by atoms with Crippen LogP contribution in [-0.2, 0) is 0 Å². The van der Waals surface area contributed by atoms with E-state index < -0.39 is 0 Å². The predicted octanol–water partition coefficient (Wildman–Crippen LogP) is 4.85. The van der Waals surface area contributed by atoms with Crippen LogP contribution in [0.3, 0.4) is 0 Å². The molecule has 4 rings (SSSR count). The number of rotatable bonds is 3. The highest BCUT2D eigenvalue weighted by Gasteiger charge is 2.26. The molecular formula is C22H23NO3. The Morgan fingerprint density at radius 3 is 2.69 bits per heavy atom. The number of para-hydroxylation sites is 1. The molecule has 0 aliphatic carbocycles. The fourth-order valence-electron chi connectivity index (χ4n) is 3.72. The second-order valence-electron chi connectivity index (χ2n) is 6.87. The summed E-state index contributed by atoms with van der Waals surface area (Å²) in [7, 11) is 1.67. The number of ether oxygens (including phenoxy) is 1. The summed E-state index contributed by atoms with van der Waals surface area (Å²) in [6, 6.07) is 17.8. The van der Waals surface area contributed by atoms with Gasteiger partial charge in [0.2, 0.25) is 0 Å². The Morgan fingerprint density at radius 1 is 1.12 bits per heavy atom. The lowest BCUT2D eigenvalue weighted by Crippen LogP contribution is -2.33. The molecule has 0 bridgehead atoms. The topological polar surface area (TPSA) is 42.7 Å². The highest BCUT2D eigenvalue weighted by Crippen LogP contribution is 2.29. The molecule has 1 fully saturated rings. The van der Waals surface area contributed by atoms with Crippen LogP contribution in [0.1, 0.15) is 41.3 Å². The first kappa shape index (κ1) is 16.7. The van der Waals surface area contributed by atoms with Crippen LogP contribution < -0.4 is 4.74 Å². The second kappa shape index (κ2) is 7.24. The largest absolute Gasteiger partial charge is 0.497 e. The third-order valence-electron chi connectivity index (χ3n) is 5.18. The van der Waals surface area contributed by atoms with Gasteiger partial charge in [0.1, 0.15) is 11.3 Å². The smallest absolute Gasteiger partial charge is 0.289 e. The molecule has 3 aromatic rings. The number of methoxy groups -OCH3 is 1. The molecule has 0 N–H and O–H groups in total. The molecule has 1 amide bonds. The van der Waals surface area contributed by atoms with Gasteiger partial charge in [0.15, 0.2) is 5.76 Å². The van der Waals surface area contributed by atoms with Crippen molar-refractivity contribution in [2.45, 2.75) is 25.2 Å². The number of likely N-dealkylation sites (tertiary alicyclic amines) is 1. The normalized spacial score (nSPS) is 17.9. The zero-order valence-electron chi connectivity index (χ0n) is 15.0. The Hall–Kier alpha value is -2.75. The van der Waals surface area contributed by atoms with Gasteiger partial charge < -0.3 is 14.1 Å². The fraction of sp³-hybridized carbons (Fsp3) is 0.318. The second-order valence-corrected chi connectivity index (χ2v) is 6.87. The number of fused-ring (bicyclic) bond motifs is 1. The van der Waals surface area contributed by atoms with Crippen molar-refractivity contribution in [3.05, 3.63) is 65.9 Å². The first-order chi connectivity index (χ1) is 12.7. The molecule has 2 aromatic carbocycles. The number of amides is 1. The Balaban J connectivity index is 1.55. The third kappa shape index (κ3) is 3.32. The zero-order chi connectivity index (χ0) is 17.9. The average Bonchev–Trinajstić information content (AvgIpc) is 2.97. The number of carbonyl (C=O) groups excluding carboxylic acids is 1. The van der Waals surface area contributed by atoms with Crippen molar-refractivity contribution in [3.63, 3.8) is 0 Å². The van der Waals surface area contributed by atoms with Gasteiger partial charge in [-0.05, 0) is 42.7 Å². The van der Waals surface area contributed by atoms with Crippen molar-refractivity contribution in [2.24, 2.45) is 0 Å². The highest BCUT2D eigenvalue weighted by atomic mass is 16.5. The highest BCUT2D eigenvalue weighted by molar-refractivity contribution is 5.96. The summed E-state index contributed by atoms with van der Waals surface area (Å²) >= 11 is 0. The van der Waals surface area contributed by atoms with Gasteiger partial charge in [0.25, 0.3) is 5.91 Å². The van der Waals surface area contributed by atoms with E-state index in [0.29, 0.717) is 11.7 Å². The third-order valence-corrected chi connectivity index (χ3v) is 5.18. The maximum absolute atomic E-state index is 13.0. The van der Waals surface area contributed by atoms with Crippen LogP contribution in [0.2, 0.25) is 0 Å². The molecule has 4 heteroatoms. The molecule has 1 aliphatic rings. The van der Waals surface area contributed by atoms with Gasteiger partial charge >= 0.3 is 0 Å². The van der Waals surface area contributed by atoms with E-state index in [1.54, 1.807) is 7.11 Å². The van der Waals surface area contributed by atoms with E-state index >= 15 is 0 Å². The van der Waals surface area contributed by atoms with E-state index in [0.717, 1.165) is 49.1 Å². The van der Waals surface area contributed by atoms with Crippen LogP contribution in [0.5, 0.6) is 5.75 Å². The lowest BCUT2D eigenvalue weighted by atomic mass is 9.94. The van der Waals surface area contributed by atoms with Crippen molar-refractivity contribution >= 4 is 16.9 Å². The molecule has 2 heterocycles. The molecule has 1 unspecified atom stereocenters. The lowest BCUT2D eigenvalue weighted by Gasteiger charge is -2.24. The van der Waals surface area contributed by atoms with Crippen LogP contribution in [0, 0.1) is 0 Å². The zero-order valence-corrected chi connectivity index (χ0v) is 15.0. The van der Waals surface area contributed by atoms with E-state index in [1.807, 2.05) is 47.4 Å². The molecule has 1 aliphatic heterocycles. The number of nitrogens with zero attached hydrogens (tertiary/aromatic N) is 1. The molecule has 26 heavy (non-hydrogen) atoms. The molecule has 1 saturated heterocycles. The minimum atomic E-state index is -0.0124. The Morgan fingerprint density at radius 2 is 1.92 bits per heavy atom. The summed E-state index contributed by atoms with van der Waals surface area (Å²) in [4.78, 5) is 15.0. The van der Waals surface area contributed by atoms with Gasteiger partial charge in [-0.3, -0.25) is 4.79 Å². The van der Waals surface area contributed by atoms with Crippen LogP contribution in [0.15, 0.2) is 59.0 Å². The number of carbonyl (C=O) groups is 1. The first-order valence-electron chi connectivity index (χ1n) is 9.16. The number of hydrogen-bond acceptors (Lipinski definition) is 3. The van der Waals surface area contributed by atoms with Crippen molar-refractivity contribution in [1.29, 1.82) is 0 Å². The quantitative estimate of drug-likeness (QED) is 0.679. The molecule has 1 atom stereocenters. The summed E-state index contributed by atoms with van der Waals surface area (Å²) in [5.74, 6) is 1.62. The van der Waals surface area contributed by atoms with Gasteiger partial charge in [-0.2, -0.15) is 0 Å².